The molecule has 0 spiro atoms. The van der Waals surface area contributed by atoms with E-state index in [1.165, 1.54) is 0 Å². The maximum atomic E-state index is 5.42. The van der Waals surface area contributed by atoms with Gasteiger partial charge in [0.2, 0.25) is 0 Å². The van der Waals surface area contributed by atoms with E-state index in [0.717, 1.165) is 22.7 Å². The van der Waals surface area contributed by atoms with Gasteiger partial charge < -0.3 is 29.6 Å². The molecule has 0 bridgehead atoms. The van der Waals surface area contributed by atoms with Crippen molar-refractivity contribution in [1.82, 2.24) is 5.32 Å². The van der Waals surface area contributed by atoms with Gasteiger partial charge in [0.05, 0.1) is 28.4 Å². The molecule has 0 amide bonds. The molecule has 0 heterocycles. The molecule has 0 aliphatic heterocycles. The molecule has 2 aromatic carbocycles. The number of methoxy groups -OCH3 is 4. The molecule has 2 aromatic rings. The van der Waals surface area contributed by atoms with Crippen LogP contribution in [-0.4, -0.2) is 41.4 Å². The molecule has 2 N–H and O–H groups in total. The van der Waals surface area contributed by atoms with Crippen LogP contribution in [0, 0.1) is 0 Å². The number of nitrogens with one attached hydrogen (secondary N) is 2. The Morgan fingerprint density at radius 1 is 0.846 bits per heavy atom. The molecule has 0 unspecified atom stereocenters. The summed E-state index contributed by atoms with van der Waals surface area (Å²) in [6.07, 6.45) is 0. The summed E-state index contributed by atoms with van der Waals surface area (Å²) in [6, 6.07) is 11.3. The van der Waals surface area contributed by atoms with Gasteiger partial charge in [0.25, 0.3) is 0 Å². The molecular formula is C19H25N3O4. The molecule has 0 fully saturated rings. The zero-order valence-electron chi connectivity index (χ0n) is 15.8. The van der Waals surface area contributed by atoms with Crippen LogP contribution in [0.4, 0.5) is 5.69 Å². The number of hydrogen-bond donors (Lipinski definition) is 2. The van der Waals surface area contributed by atoms with Gasteiger partial charge in [-0.3, -0.25) is 4.99 Å². The second-order valence-corrected chi connectivity index (χ2v) is 5.30. The fourth-order valence-corrected chi connectivity index (χ4v) is 2.41. The summed E-state index contributed by atoms with van der Waals surface area (Å²) in [7, 11) is 8.18. The van der Waals surface area contributed by atoms with Crippen LogP contribution < -0.4 is 29.6 Å². The van der Waals surface area contributed by atoms with Crippen molar-refractivity contribution in [2.24, 2.45) is 4.99 Å². The summed E-state index contributed by atoms with van der Waals surface area (Å²) < 4.78 is 21.2. The number of benzene rings is 2. The SMILES string of the molecule is CN=C(NCc1ccc(OC)cc1OC)Nc1ccc(OC)c(OC)c1. The summed E-state index contributed by atoms with van der Waals surface area (Å²) in [5, 5.41) is 6.48. The van der Waals surface area contributed by atoms with E-state index in [2.05, 4.69) is 15.6 Å². The van der Waals surface area contributed by atoms with E-state index in [4.69, 9.17) is 18.9 Å². The Morgan fingerprint density at radius 3 is 2.19 bits per heavy atom. The normalized spacial score (nSPS) is 10.9. The quantitative estimate of drug-likeness (QED) is 0.585. The molecule has 7 heteroatoms. The minimum Gasteiger partial charge on any atom is -0.497 e. The molecule has 2 rings (SSSR count). The van der Waals surface area contributed by atoms with Crippen LogP contribution >= 0.6 is 0 Å². The predicted octanol–water partition coefficient (Wildman–Crippen LogP) is 2.91. The van der Waals surface area contributed by atoms with Crippen LogP contribution in [0.2, 0.25) is 0 Å². The maximum Gasteiger partial charge on any atom is 0.195 e. The number of guanidine groups is 1. The Morgan fingerprint density at radius 2 is 1.58 bits per heavy atom. The average molecular weight is 359 g/mol. The van der Waals surface area contributed by atoms with E-state index in [1.54, 1.807) is 35.5 Å². The van der Waals surface area contributed by atoms with Crippen molar-refractivity contribution >= 4 is 11.6 Å². The Balaban J connectivity index is 2.07. The molecule has 0 saturated heterocycles. The van der Waals surface area contributed by atoms with E-state index in [9.17, 15) is 0 Å². The van der Waals surface area contributed by atoms with E-state index in [0.29, 0.717) is 24.0 Å². The van der Waals surface area contributed by atoms with Crippen LogP contribution in [0.5, 0.6) is 23.0 Å². The number of hydrogen-bond acceptors (Lipinski definition) is 5. The third-order valence-corrected chi connectivity index (χ3v) is 3.81. The first-order chi connectivity index (χ1) is 12.6. The van der Waals surface area contributed by atoms with Crippen molar-refractivity contribution in [3.05, 3.63) is 42.0 Å². The second kappa shape index (κ2) is 9.41. The molecule has 0 radical (unpaired) electrons. The Bertz CT molecular complexity index is 762. The molecule has 0 saturated carbocycles. The van der Waals surface area contributed by atoms with Crippen LogP contribution in [0.1, 0.15) is 5.56 Å². The molecule has 0 aliphatic carbocycles. The molecule has 26 heavy (non-hydrogen) atoms. The fourth-order valence-electron chi connectivity index (χ4n) is 2.41. The van der Waals surface area contributed by atoms with Crippen molar-refractivity contribution in [3.8, 4) is 23.0 Å². The predicted molar refractivity (Wildman–Crippen MR) is 103 cm³/mol. The van der Waals surface area contributed by atoms with Crippen LogP contribution in [-0.2, 0) is 6.54 Å². The van der Waals surface area contributed by atoms with Gasteiger partial charge >= 0.3 is 0 Å². The van der Waals surface area contributed by atoms with Crippen LogP contribution in [0.15, 0.2) is 41.4 Å². The largest absolute Gasteiger partial charge is 0.497 e. The number of rotatable bonds is 7. The van der Waals surface area contributed by atoms with E-state index in [1.807, 2.05) is 36.4 Å². The Labute approximate surface area is 153 Å². The first kappa shape index (κ1) is 19.2. The van der Waals surface area contributed by atoms with Crippen LogP contribution in [0.25, 0.3) is 0 Å². The lowest BCUT2D eigenvalue weighted by Gasteiger charge is -2.15. The van der Waals surface area contributed by atoms with Gasteiger partial charge in [0, 0.05) is 37.0 Å². The lowest BCUT2D eigenvalue weighted by atomic mass is 10.2. The molecule has 140 valence electrons. The van der Waals surface area contributed by atoms with Crippen molar-refractivity contribution in [3.63, 3.8) is 0 Å². The van der Waals surface area contributed by atoms with E-state index >= 15 is 0 Å². The van der Waals surface area contributed by atoms with Crippen molar-refractivity contribution in [2.45, 2.75) is 6.54 Å². The zero-order chi connectivity index (χ0) is 18.9. The monoisotopic (exact) mass is 359 g/mol. The van der Waals surface area contributed by atoms with E-state index in [-0.39, 0.29) is 0 Å². The number of nitrogens with zero attached hydrogens (tertiary/aromatic N) is 1. The lowest BCUT2D eigenvalue weighted by molar-refractivity contribution is 0.355. The minimum atomic E-state index is 0.542. The average Bonchev–Trinajstić information content (AvgIpc) is 2.70. The topological polar surface area (TPSA) is 73.3 Å². The molecule has 0 atom stereocenters. The highest BCUT2D eigenvalue weighted by Crippen LogP contribution is 2.29. The van der Waals surface area contributed by atoms with Gasteiger partial charge in [-0.25, -0.2) is 0 Å². The Hall–Kier alpha value is -3.09. The fraction of sp³-hybridized carbons (Fsp3) is 0.316. The smallest absolute Gasteiger partial charge is 0.195 e. The summed E-state index contributed by atoms with van der Waals surface area (Å²) in [6.45, 7) is 0.542. The van der Waals surface area contributed by atoms with Crippen molar-refractivity contribution < 1.29 is 18.9 Å². The van der Waals surface area contributed by atoms with Crippen molar-refractivity contribution in [2.75, 3.05) is 40.8 Å². The van der Waals surface area contributed by atoms with Crippen molar-refractivity contribution in [1.29, 1.82) is 0 Å². The third-order valence-electron chi connectivity index (χ3n) is 3.81. The second-order valence-electron chi connectivity index (χ2n) is 5.30. The standard InChI is InChI=1S/C19H25N3O4/c1-20-19(22-14-7-9-16(24-3)18(10-14)26-5)21-12-13-6-8-15(23-2)11-17(13)25-4/h6-11H,12H2,1-5H3,(H2,20,21,22). The first-order valence-electron chi connectivity index (χ1n) is 8.05. The van der Waals surface area contributed by atoms with Gasteiger partial charge in [0.15, 0.2) is 17.5 Å². The number of anilines is 1. The lowest BCUT2D eigenvalue weighted by Crippen LogP contribution is -2.30. The summed E-state index contributed by atoms with van der Waals surface area (Å²) >= 11 is 0. The summed E-state index contributed by atoms with van der Waals surface area (Å²) in [5.74, 6) is 3.43. The van der Waals surface area contributed by atoms with Gasteiger partial charge in [-0.1, -0.05) is 0 Å². The minimum absolute atomic E-state index is 0.542. The van der Waals surface area contributed by atoms with Gasteiger partial charge in [-0.2, -0.15) is 0 Å². The summed E-state index contributed by atoms with van der Waals surface area (Å²) in [4.78, 5) is 4.24. The molecule has 0 aliphatic rings. The maximum absolute atomic E-state index is 5.42. The zero-order valence-corrected chi connectivity index (χ0v) is 15.8. The van der Waals surface area contributed by atoms with Crippen LogP contribution in [0.3, 0.4) is 0 Å². The molecular weight excluding hydrogens is 334 g/mol. The first-order valence-corrected chi connectivity index (χ1v) is 8.05. The Kier molecular flexibility index (Phi) is 6.96. The summed E-state index contributed by atoms with van der Waals surface area (Å²) in [5.41, 5.74) is 1.82. The highest BCUT2D eigenvalue weighted by Gasteiger charge is 2.08. The molecule has 7 nitrogen and oxygen atoms in total. The van der Waals surface area contributed by atoms with E-state index < -0.39 is 0 Å². The van der Waals surface area contributed by atoms with Gasteiger partial charge in [-0.15, -0.1) is 0 Å². The highest BCUT2D eigenvalue weighted by molar-refractivity contribution is 5.93. The number of ether oxygens (including phenoxy) is 4. The molecule has 0 aromatic heterocycles. The highest BCUT2D eigenvalue weighted by atomic mass is 16.5. The van der Waals surface area contributed by atoms with Gasteiger partial charge in [-0.05, 0) is 24.3 Å². The number of aliphatic imine (C=N–C) groups is 1. The third kappa shape index (κ3) is 4.72. The van der Waals surface area contributed by atoms with Gasteiger partial charge in [0.1, 0.15) is 11.5 Å².